The maximum atomic E-state index is 9.85. The normalized spacial score (nSPS) is 16.3. The lowest BCUT2D eigenvalue weighted by Crippen LogP contribution is -2.41. The number of aromatic nitrogens is 3. The van der Waals surface area contributed by atoms with Gasteiger partial charge in [0.15, 0.2) is 5.82 Å². The zero-order chi connectivity index (χ0) is 14.8. The zero-order valence-electron chi connectivity index (χ0n) is 11.9. The van der Waals surface area contributed by atoms with E-state index in [9.17, 15) is 10.2 Å². The first-order chi connectivity index (χ1) is 10.2. The molecule has 0 bridgehead atoms. The van der Waals surface area contributed by atoms with Crippen molar-refractivity contribution < 1.29 is 10.2 Å². The molecule has 1 saturated heterocycles. The van der Waals surface area contributed by atoms with E-state index in [0.29, 0.717) is 23.4 Å². The highest BCUT2D eigenvalue weighted by molar-refractivity contribution is 5.66. The van der Waals surface area contributed by atoms with Gasteiger partial charge in [0, 0.05) is 19.1 Å². The van der Waals surface area contributed by atoms with Crippen LogP contribution in [0.3, 0.4) is 0 Å². The third kappa shape index (κ3) is 2.78. The highest BCUT2D eigenvalue weighted by Crippen LogP contribution is 2.30. The second-order valence-electron chi connectivity index (χ2n) is 5.24. The van der Waals surface area contributed by atoms with Gasteiger partial charge in [-0.2, -0.15) is 4.98 Å². The second-order valence-corrected chi connectivity index (χ2v) is 5.24. The number of aromatic hydroxyl groups is 2. The Morgan fingerprint density at radius 3 is 2.76 bits per heavy atom. The van der Waals surface area contributed by atoms with Crippen molar-refractivity contribution in [3.05, 3.63) is 18.2 Å². The Labute approximate surface area is 122 Å². The lowest BCUT2D eigenvalue weighted by molar-refractivity contribution is 0.439. The van der Waals surface area contributed by atoms with Gasteiger partial charge >= 0.3 is 0 Å². The molecule has 0 atom stereocenters. The molecule has 21 heavy (non-hydrogen) atoms. The quantitative estimate of drug-likeness (QED) is 0.631. The van der Waals surface area contributed by atoms with E-state index in [0.717, 1.165) is 25.9 Å². The fourth-order valence-corrected chi connectivity index (χ4v) is 2.60. The first kappa shape index (κ1) is 13.7. The van der Waals surface area contributed by atoms with Crippen molar-refractivity contribution in [1.29, 1.82) is 0 Å². The molecule has 0 amide bonds. The van der Waals surface area contributed by atoms with Crippen LogP contribution in [-0.2, 0) is 0 Å². The third-order valence-corrected chi connectivity index (χ3v) is 3.89. The van der Waals surface area contributed by atoms with Gasteiger partial charge in [-0.1, -0.05) is 0 Å². The van der Waals surface area contributed by atoms with Crippen molar-refractivity contribution in [3.63, 3.8) is 0 Å². The minimum absolute atomic E-state index is 0.0596. The van der Waals surface area contributed by atoms with Crippen molar-refractivity contribution in [1.82, 2.24) is 20.5 Å². The van der Waals surface area contributed by atoms with Gasteiger partial charge < -0.3 is 20.4 Å². The van der Waals surface area contributed by atoms with Gasteiger partial charge in [0.05, 0.1) is 5.56 Å². The summed E-state index contributed by atoms with van der Waals surface area (Å²) in [5, 5.41) is 29.7. The van der Waals surface area contributed by atoms with E-state index >= 15 is 0 Å². The molecule has 0 saturated carbocycles. The van der Waals surface area contributed by atoms with E-state index in [1.165, 1.54) is 18.2 Å². The Morgan fingerprint density at radius 1 is 1.29 bits per heavy atom. The average molecular weight is 289 g/mol. The summed E-state index contributed by atoms with van der Waals surface area (Å²) < 4.78 is 0. The van der Waals surface area contributed by atoms with Gasteiger partial charge in [-0.05, 0) is 38.1 Å². The Bertz CT molecular complexity index is 620. The molecule has 2 heterocycles. The molecule has 0 spiro atoms. The molecule has 1 aliphatic rings. The minimum atomic E-state index is 0.0596. The van der Waals surface area contributed by atoms with E-state index < -0.39 is 0 Å². The van der Waals surface area contributed by atoms with Gasteiger partial charge in [-0.15, -0.1) is 5.10 Å². The molecule has 7 nitrogen and oxygen atoms in total. The Balaban J connectivity index is 1.79. The highest BCUT2D eigenvalue weighted by Gasteiger charge is 2.21. The molecule has 112 valence electrons. The van der Waals surface area contributed by atoms with Crippen LogP contribution in [0.2, 0.25) is 0 Å². The van der Waals surface area contributed by atoms with Crippen LogP contribution >= 0.6 is 0 Å². The van der Waals surface area contributed by atoms with Crippen molar-refractivity contribution in [2.75, 3.05) is 25.0 Å². The van der Waals surface area contributed by atoms with E-state index in [4.69, 9.17) is 0 Å². The number of H-pyrrole nitrogens is 1. The smallest absolute Gasteiger partial charge is 0.245 e. The molecule has 0 radical (unpaired) electrons. The Kier molecular flexibility index (Phi) is 3.66. The maximum absolute atomic E-state index is 9.85. The van der Waals surface area contributed by atoms with Gasteiger partial charge in [0.25, 0.3) is 0 Å². The minimum Gasteiger partial charge on any atom is -0.508 e. The molecular weight excluding hydrogens is 270 g/mol. The summed E-state index contributed by atoms with van der Waals surface area (Å²) >= 11 is 0. The molecule has 7 heteroatoms. The van der Waals surface area contributed by atoms with Crippen LogP contribution in [0.15, 0.2) is 18.2 Å². The molecule has 0 unspecified atom stereocenters. The molecule has 4 N–H and O–H groups in total. The lowest BCUT2D eigenvalue weighted by Gasteiger charge is -2.30. The highest BCUT2D eigenvalue weighted by atomic mass is 16.3. The Hall–Kier alpha value is -2.28. The molecular formula is C14H19N5O2. The van der Waals surface area contributed by atoms with Crippen molar-refractivity contribution in [2.24, 2.45) is 0 Å². The number of rotatable bonds is 3. The molecule has 1 fully saturated rings. The number of nitrogens with zero attached hydrogens (tertiary/aromatic N) is 3. The number of anilines is 1. The summed E-state index contributed by atoms with van der Waals surface area (Å²) in [5.74, 6) is 1.22. The predicted octanol–water partition coefficient (Wildman–Crippen LogP) is 1.07. The van der Waals surface area contributed by atoms with Crippen molar-refractivity contribution in [2.45, 2.75) is 18.9 Å². The standard InChI is InChI=1S/C14H19N5O2/c1-15-9-4-6-19(7-5-9)14-16-13(17-18-14)11-8-10(20)2-3-12(11)21/h2-3,8-9,15,20-21H,4-7H2,1H3,(H,16,17,18). The van der Waals surface area contributed by atoms with Crippen LogP contribution in [0.4, 0.5) is 5.95 Å². The maximum Gasteiger partial charge on any atom is 0.245 e. The summed E-state index contributed by atoms with van der Waals surface area (Å²) in [7, 11) is 1.98. The monoisotopic (exact) mass is 289 g/mol. The average Bonchev–Trinajstić information content (AvgIpc) is 2.99. The summed E-state index contributed by atoms with van der Waals surface area (Å²) in [6, 6.07) is 4.88. The number of phenolic OH excluding ortho intramolecular Hbond substituents is 2. The van der Waals surface area contributed by atoms with Crippen molar-refractivity contribution >= 4 is 5.95 Å². The number of hydrogen-bond acceptors (Lipinski definition) is 6. The number of hydrogen-bond donors (Lipinski definition) is 4. The summed E-state index contributed by atoms with van der Waals surface area (Å²) in [4.78, 5) is 6.54. The molecule has 2 aromatic rings. The Morgan fingerprint density at radius 2 is 2.05 bits per heavy atom. The summed E-state index contributed by atoms with van der Waals surface area (Å²) in [6.07, 6.45) is 2.11. The molecule has 1 aromatic carbocycles. The topological polar surface area (TPSA) is 97.3 Å². The summed E-state index contributed by atoms with van der Waals surface area (Å²) in [5.41, 5.74) is 0.443. The number of phenols is 2. The lowest BCUT2D eigenvalue weighted by atomic mass is 10.1. The second kappa shape index (κ2) is 5.61. The third-order valence-electron chi connectivity index (χ3n) is 3.89. The number of piperidine rings is 1. The van der Waals surface area contributed by atoms with Crippen LogP contribution in [0, 0.1) is 0 Å². The number of aromatic amines is 1. The van der Waals surface area contributed by atoms with Crippen LogP contribution in [0.1, 0.15) is 12.8 Å². The van der Waals surface area contributed by atoms with Crippen LogP contribution < -0.4 is 10.2 Å². The first-order valence-corrected chi connectivity index (χ1v) is 7.04. The molecule has 0 aliphatic carbocycles. The van der Waals surface area contributed by atoms with Gasteiger partial charge in [0.1, 0.15) is 11.5 Å². The van der Waals surface area contributed by atoms with Gasteiger partial charge in [-0.25, -0.2) is 0 Å². The molecule has 1 aromatic heterocycles. The predicted molar refractivity (Wildman–Crippen MR) is 79.4 cm³/mol. The fourth-order valence-electron chi connectivity index (χ4n) is 2.60. The van der Waals surface area contributed by atoms with Crippen LogP contribution in [0.5, 0.6) is 11.5 Å². The van der Waals surface area contributed by atoms with E-state index in [1.807, 2.05) is 7.05 Å². The largest absolute Gasteiger partial charge is 0.508 e. The number of nitrogens with one attached hydrogen (secondary N) is 2. The van der Waals surface area contributed by atoms with Gasteiger partial charge in [0.2, 0.25) is 5.95 Å². The summed E-state index contributed by atoms with van der Waals surface area (Å²) in [6.45, 7) is 1.80. The van der Waals surface area contributed by atoms with Crippen molar-refractivity contribution in [3.8, 4) is 22.9 Å². The fraction of sp³-hybridized carbons (Fsp3) is 0.429. The molecule has 1 aliphatic heterocycles. The van der Waals surface area contributed by atoms with E-state index in [-0.39, 0.29) is 11.5 Å². The first-order valence-electron chi connectivity index (χ1n) is 7.04. The van der Waals surface area contributed by atoms with E-state index in [1.54, 1.807) is 0 Å². The number of benzene rings is 1. The van der Waals surface area contributed by atoms with E-state index in [2.05, 4.69) is 25.4 Å². The zero-order valence-corrected chi connectivity index (χ0v) is 11.9. The van der Waals surface area contributed by atoms with Crippen LogP contribution in [0.25, 0.3) is 11.4 Å². The molecule has 3 rings (SSSR count). The SMILES string of the molecule is CNC1CCN(c2n[nH]c(-c3cc(O)ccc3O)n2)CC1. The van der Waals surface area contributed by atoms with Gasteiger partial charge in [-0.3, -0.25) is 5.10 Å². The van der Waals surface area contributed by atoms with Crippen LogP contribution in [-0.4, -0.2) is 51.6 Å².